The summed E-state index contributed by atoms with van der Waals surface area (Å²) >= 11 is 0. The lowest BCUT2D eigenvalue weighted by Crippen LogP contribution is -1.65. The minimum atomic E-state index is -0.0787. The molecule has 0 spiro atoms. The van der Waals surface area contributed by atoms with Crippen LogP contribution in [0.25, 0.3) is 0 Å². The van der Waals surface area contributed by atoms with E-state index in [9.17, 15) is 5.11 Å². The largest absolute Gasteiger partial charge is 0.295 e. The average molecular weight is 83.1 g/mol. The van der Waals surface area contributed by atoms with Crippen LogP contribution in [0.15, 0.2) is 25.0 Å². The third-order valence-corrected chi connectivity index (χ3v) is 0.372. The molecule has 0 bridgehead atoms. The van der Waals surface area contributed by atoms with Gasteiger partial charge >= 0.3 is 0 Å². The lowest BCUT2D eigenvalue weighted by molar-refractivity contribution is 0.293. The van der Waals surface area contributed by atoms with Gasteiger partial charge in [0, 0.05) is 6.42 Å². The predicted octanol–water partition coefficient (Wildman–Crippen LogP) is 1.51. The van der Waals surface area contributed by atoms with Crippen LogP contribution in [0.2, 0.25) is 0 Å². The Kier molecular flexibility index (Phi) is 2.21. The normalized spacial score (nSPS) is 7.33. The molecule has 0 rings (SSSR count). The maximum atomic E-state index is 9.86. The fraction of sp³-hybridized carbons (Fsp3) is 0.200. The van der Waals surface area contributed by atoms with E-state index >= 15 is 0 Å². The van der Waals surface area contributed by atoms with Gasteiger partial charge in [0.15, 0.2) is 5.76 Å². The van der Waals surface area contributed by atoms with E-state index < -0.39 is 0 Å². The van der Waals surface area contributed by atoms with Crippen LogP contribution in [0.5, 0.6) is 0 Å². The molecule has 1 nitrogen and oxygen atoms in total. The molecule has 0 aliphatic heterocycles. The molecule has 33 valence electrons. The van der Waals surface area contributed by atoms with Crippen molar-refractivity contribution in [3.8, 4) is 0 Å². The van der Waals surface area contributed by atoms with Gasteiger partial charge in [-0.15, -0.1) is 6.58 Å². The van der Waals surface area contributed by atoms with Gasteiger partial charge in [-0.05, 0) is 0 Å². The molecule has 0 heterocycles. The molecule has 1 radical (unpaired) electrons. The van der Waals surface area contributed by atoms with Crippen LogP contribution in [0, 0.1) is 0 Å². The SMILES string of the molecule is C=CCC(=C)[O]. The van der Waals surface area contributed by atoms with Crippen molar-refractivity contribution < 1.29 is 5.11 Å². The third kappa shape index (κ3) is 3.28. The molecular weight excluding hydrogens is 76.1 g/mol. The monoisotopic (exact) mass is 83.0 g/mol. The molecule has 6 heavy (non-hydrogen) atoms. The first-order valence-corrected chi connectivity index (χ1v) is 1.73. The Morgan fingerprint density at radius 1 is 1.83 bits per heavy atom. The minimum Gasteiger partial charge on any atom is -0.295 e. The molecule has 0 aliphatic carbocycles. The van der Waals surface area contributed by atoms with E-state index in [0.717, 1.165) is 0 Å². The van der Waals surface area contributed by atoms with Gasteiger partial charge in [0.05, 0.1) is 0 Å². The van der Waals surface area contributed by atoms with Gasteiger partial charge in [-0.25, -0.2) is 0 Å². The van der Waals surface area contributed by atoms with E-state index in [1.807, 2.05) is 0 Å². The van der Waals surface area contributed by atoms with Crippen LogP contribution in [0.1, 0.15) is 6.42 Å². The molecule has 1 heteroatoms. The van der Waals surface area contributed by atoms with Gasteiger partial charge in [0.1, 0.15) is 0 Å². The van der Waals surface area contributed by atoms with Crippen molar-refractivity contribution in [2.24, 2.45) is 0 Å². The Balaban J connectivity index is 3.05. The Hall–Kier alpha value is -0.720. The van der Waals surface area contributed by atoms with E-state index in [0.29, 0.717) is 6.42 Å². The molecule has 0 N–H and O–H groups in total. The first-order chi connectivity index (χ1) is 2.77. The first kappa shape index (κ1) is 5.28. The van der Waals surface area contributed by atoms with Gasteiger partial charge in [0.25, 0.3) is 0 Å². The van der Waals surface area contributed by atoms with E-state index in [4.69, 9.17) is 0 Å². The fourth-order valence-corrected chi connectivity index (χ4v) is 0.161. The zero-order valence-electron chi connectivity index (χ0n) is 3.61. The summed E-state index contributed by atoms with van der Waals surface area (Å²) in [5.41, 5.74) is 0. The van der Waals surface area contributed by atoms with Gasteiger partial charge in [-0.3, -0.25) is 5.11 Å². The van der Waals surface area contributed by atoms with Gasteiger partial charge in [-0.1, -0.05) is 12.7 Å². The predicted molar refractivity (Wildman–Crippen MR) is 24.6 cm³/mol. The Labute approximate surface area is 37.6 Å². The number of rotatable bonds is 2. The van der Waals surface area contributed by atoms with Gasteiger partial charge in [-0.2, -0.15) is 0 Å². The summed E-state index contributed by atoms with van der Waals surface area (Å²) in [6.07, 6.45) is 1.93. The van der Waals surface area contributed by atoms with Gasteiger partial charge < -0.3 is 0 Å². The molecule has 0 fully saturated rings. The average Bonchev–Trinajstić information content (AvgIpc) is 1.35. The summed E-state index contributed by atoms with van der Waals surface area (Å²) in [7, 11) is 0. The molecule has 0 amide bonds. The lowest BCUT2D eigenvalue weighted by Gasteiger charge is -1.76. The van der Waals surface area contributed by atoms with Crippen LogP contribution < -0.4 is 0 Å². The van der Waals surface area contributed by atoms with Gasteiger partial charge in [0.2, 0.25) is 0 Å². The molecule has 0 unspecified atom stereocenters. The van der Waals surface area contributed by atoms with Crippen molar-refractivity contribution in [2.75, 3.05) is 0 Å². The van der Waals surface area contributed by atoms with E-state index in [1.165, 1.54) is 6.08 Å². The van der Waals surface area contributed by atoms with Crippen molar-refractivity contribution in [1.29, 1.82) is 0 Å². The van der Waals surface area contributed by atoms with E-state index in [2.05, 4.69) is 13.2 Å². The first-order valence-electron chi connectivity index (χ1n) is 1.73. The summed E-state index contributed by atoms with van der Waals surface area (Å²) < 4.78 is 0. The minimum absolute atomic E-state index is 0.0787. The molecule has 0 aromatic carbocycles. The third-order valence-electron chi connectivity index (χ3n) is 0.372. The van der Waals surface area contributed by atoms with Crippen LogP contribution in [0.3, 0.4) is 0 Å². The summed E-state index contributed by atoms with van der Waals surface area (Å²) in [6, 6.07) is 0. The summed E-state index contributed by atoms with van der Waals surface area (Å²) in [5.74, 6) is -0.0787. The topological polar surface area (TPSA) is 19.9 Å². The quantitative estimate of drug-likeness (QED) is 0.356. The highest BCUT2D eigenvalue weighted by Gasteiger charge is 1.79. The molecule has 0 atom stereocenters. The smallest absolute Gasteiger partial charge is 0.152 e. The number of hydrogen-bond donors (Lipinski definition) is 0. The van der Waals surface area contributed by atoms with Crippen molar-refractivity contribution >= 4 is 0 Å². The van der Waals surface area contributed by atoms with Crippen molar-refractivity contribution in [3.63, 3.8) is 0 Å². The number of hydrogen-bond acceptors (Lipinski definition) is 0. The maximum Gasteiger partial charge on any atom is 0.152 e. The van der Waals surface area contributed by atoms with E-state index in [-0.39, 0.29) is 5.76 Å². The van der Waals surface area contributed by atoms with Crippen molar-refractivity contribution in [2.45, 2.75) is 6.42 Å². The maximum absolute atomic E-state index is 9.86. The molecule has 0 aromatic rings. The summed E-state index contributed by atoms with van der Waals surface area (Å²) in [6.45, 7) is 6.46. The number of allylic oxidation sites excluding steroid dienone is 1. The Bertz CT molecular complexity index is 64.3. The van der Waals surface area contributed by atoms with Crippen LogP contribution in [0.4, 0.5) is 0 Å². The molecule has 0 saturated carbocycles. The highest BCUT2D eigenvalue weighted by Crippen LogP contribution is 1.89. The highest BCUT2D eigenvalue weighted by atomic mass is 16.3. The van der Waals surface area contributed by atoms with Crippen molar-refractivity contribution in [1.82, 2.24) is 0 Å². The Morgan fingerprint density at radius 2 is 2.33 bits per heavy atom. The second-order valence-corrected chi connectivity index (χ2v) is 1.03. The van der Waals surface area contributed by atoms with Crippen LogP contribution >= 0.6 is 0 Å². The van der Waals surface area contributed by atoms with Crippen LogP contribution in [-0.4, -0.2) is 0 Å². The standard InChI is InChI=1S/C5H7O/c1-3-4-5(2)6/h3H,1-2,4H2. The molecule has 0 aliphatic rings. The zero-order valence-corrected chi connectivity index (χ0v) is 3.61. The zero-order chi connectivity index (χ0) is 4.99. The summed E-state index contributed by atoms with van der Waals surface area (Å²) in [4.78, 5) is 0. The summed E-state index contributed by atoms with van der Waals surface area (Å²) in [5, 5.41) is 9.86. The second kappa shape index (κ2) is 2.51. The molecular formula is C5H7O. The highest BCUT2D eigenvalue weighted by molar-refractivity contribution is 4.87. The molecule has 0 saturated heterocycles. The Morgan fingerprint density at radius 3 is 2.33 bits per heavy atom. The molecule has 0 aromatic heterocycles. The van der Waals surface area contributed by atoms with E-state index in [1.54, 1.807) is 0 Å². The van der Waals surface area contributed by atoms with Crippen molar-refractivity contribution in [3.05, 3.63) is 25.0 Å². The fourth-order valence-electron chi connectivity index (χ4n) is 0.161. The lowest BCUT2D eigenvalue weighted by atomic mass is 10.4. The van der Waals surface area contributed by atoms with Crippen LogP contribution in [-0.2, 0) is 5.11 Å². The second-order valence-electron chi connectivity index (χ2n) is 1.03.